The molecule has 2 rings (SSSR count). The number of rotatable bonds is 5. The molecule has 0 unspecified atom stereocenters. The average Bonchev–Trinajstić information content (AvgIpc) is 2.42. The number of hydrogen-bond donors (Lipinski definition) is 0. The van der Waals surface area contributed by atoms with E-state index in [2.05, 4.69) is 30.8 Å². The van der Waals surface area contributed by atoms with Crippen molar-refractivity contribution in [2.24, 2.45) is 0 Å². The predicted molar refractivity (Wildman–Crippen MR) is 70.6 cm³/mol. The van der Waals surface area contributed by atoms with E-state index in [0.717, 1.165) is 5.56 Å². The molecule has 0 N–H and O–H groups in total. The Morgan fingerprint density at radius 3 is 2.12 bits per heavy atom. The van der Waals surface area contributed by atoms with Gasteiger partial charge in [-0.3, -0.25) is 0 Å². The van der Waals surface area contributed by atoms with Gasteiger partial charge in [-0.2, -0.15) is 0 Å². The minimum absolute atomic E-state index is 0.0450. The largest absolute Gasteiger partial charge is 0.365 e. The molecule has 0 saturated carbocycles. The lowest BCUT2D eigenvalue weighted by Gasteiger charge is -2.14. The molecule has 0 radical (unpaired) electrons. The molecule has 0 aliphatic heterocycles. The Kier molecular flexibility index (Phi) is 4.11. The highest BCUT2D eigenvalue weighted by molar-refractivity contribution is 5.21. The van der Waals surface area contributed by atoms with Gasteiger partial charge in [0.2, 0.25) is 0 Å². The third-order valence-electron chi connectivity index (χ3n) is 2.61. The molecule has 86 valence electrons. The van der Waals surface area contributed by atoms with E-state index in [9.17, 15) is 0 Å². The molecule has 1 atom stereocenters. The van der Waals surface area contributed by atoms with Crippen molar-refractivity contribution in [1.29, 1.82) is 0 Å². The predicted octanol–water partition coefficient (Wildman–Crippen LogP) is 4.13. The first-order chi connectivity index (χ1) is 8.40. The van der Waals surface area contributed by atoms with Crippen LogP contribution in [0.25, 0.3) is 0 Å². The minimum Gasteiger partial charge on any atom is -0.365 e. The molecule has 0 amide bonds. The van der Waals surface area contributed by atoms with Crippen LogP contribution in [-0.4, -0.2) is 0 Å². The zero-order valence-electron chi connectivity index (χ0n) is 9.75. The first kappa shape index (κ1) is 11.6. The van der Waals surface area contributed by atoms with Gasteiger partial charge < -0.3 is 4.74 Å². The second-order valence-electron chi connectivity index (χ2n) is 3.86. The third kappa shape index (κ3) is 3.30. The third-order valence-corrected chi connectivity index (χ3v) is 2.61. The van der Waals surface area contributed by atoms with Crippen LogP contribution in [0.2, 0.25) is 0 Å². The molecule has 0 saturated heterocycles. The van der Waals surface area contributed by atoms with Gasteiger partial charge in [0, 0.05) is 0 Å². The van der Waals surface area contributed by atoms with Crippen LogP contribution in [0.3, 0.4) is 0 Å². The molecule has 2 aromatic carbocycles. The van der Waals surface area contributed by atoms with Gasteiger partial charge in [0.15, 0.2) is 0 Å². The van der Waals surface area contributed by atoms with Crippen molar-refractivity contribution < 1.29 is 4.74 Å². The topological polar surface area (TPSA) is 9.23 Å². The van der Waals surface area contributed by atoms with Gasteiger partial charge in [-0.1, -0.05) is 66.7 Å². The summed E-state index contributed by atoms with van der Waals surface area (Å²) >= 11 is 0. The van der Waals surface area contributed by atoms with Crippen LogP contribution in [0.15, 0.2) is 73.3 Å². The standard InChI is InChI=1S/C16H16O/c1-2-16(15-11-7-4-8-12-15)17-13-14-9-5-3-6-10-14/h2-12,16H,1,13H2/t16-/m1/s1. The first-order valence-electron chi connectivity index (χ1n) is 5.73. The Balaban J connectivity index is 2.00. The molecule has 0 heterocycles. The fourth-order valence-electron chi connectivity index (χ4n) is 1.70. The van der Waals surface area contributed by atoms with Crippen LogP contribution in [0.5, 0.6) is 0 Å². The highest BCUT2D eigenvalue weighted by Crippen LogP contribution is 2.19. The number of hydrogen-bond acceptors (Lipinski definition) is 1. The fourth-order valence-corrected chi connectivity index (χ4v) is 1.70. The summed E-state index contributed by atoms with van der Waals surface area (Å²) in [4.78, 5) is 0. The Morgan fingerprint density at radius 1 is 0.941 bits per heavy atom. The molecule has 0 fully saturated rings. The molecule has 0 spiro atoms. The Hall–Kier alpha value is -1.86. The second-order valence-corrected chi connectivity index (χ2v) is 3.86. The first-order valence-corrected chi connectivity index (χ1v) is 5.73. The van der Waals surface area contributed by atoms with E-state index in [0.29, 0.717) is 6.61 Å². The molecule has 1 heteroatoms. The zero-order valence-corrected chi connectivity index (χ0v) is 9.75. The van der Waals surface area contributed by atoms with Crippen molar-refractivity contribution in [2.75, 3.05) is 0 Å². The summed E-state index contributed by atoms with van der Waals surface area (Å²) in [5.41, 5.74) is 2.31. The molecule has 2 aromatic rings. The fraction of sp³-hybridized carbons (Fsp3) is 0.125. The average molecular weight is 224 g/mol. The lowest BCUT2D eigenvalue weighted by molar-refractivity contribution is 0.0720. The highest BCUT2D eigenvalue weighted by Gasteiger charge is 2.06. The van der Waals surface area contributed by atoms with Crippen LogP contribution in [-0.2, 0) is 11.3 Å². The molecular formula is C16H16O. The van der Waals surface area contributed by atoms with Crippen LogP contribution < -0.4 is 0 Å². The summed E-state index contributed by atoms with van der Waals surface area (Å²) < 4.78 is 5.85. The van der Waals surface area contributed by atoms with Crippen molar-refractivity contribution in [3.05, 3.63) is 84.4 Å². The maximum Gasteiger partial charge on any atom is 0.101 e. The van der Waals surface area contributed by atoms with Gasteiger partial charge in [-0.05, 0) is 11.1 Å². The molecular weight excluding hydrogens is 208 g/mol. The van der Waals surface area contributed by atoms with E-state index in [1.165, 1.54) is 5.56 Å². The molecule has 0 aliphatic carbocycles. The van der Waals surface area contributed by atoms with Crippen molar-refractivity contribution in [1.82, 2.24) is 0 Å². The minimum atomic E-state index is -0.0450. The summed E-state index contributed by atoms with van der Waals surface area (Å²) in [5.74, 6) is 0. The monoisotopic (exact) mass is 224 g/mol. The van der Waals surface area contributed by atoms with Crippen molar-refractivity contribution in [2.45, 2.75) is 12.7 Å². The van der Waals surface area contributed by atoms with E-state index in [4.69, 9.17) is 4.74 Å². The molecule has 17 heavy (non-hydrogen) atoms. The van der Waals surface area contributed by atoms with Crippen molar-refractivity contribution in [3.8, 4) is 0 Å². The summed E-state index contributed by atoms with van der Waals surface area (Å²) in [7, 11) is 0. The van der Waals surface area contributed by atoms with Crippen molar-refractivity contribution in [3.63, 3.8) is 0 Å². The molecule has 0 aliphatic rings. The second kappa shape index (κ2) is 6.02. The van der Waals surface area contributed by atoms with Gasteiger partial charge in [-0.25, -0.2) is 0 Å². The maximum atomic E-state index is 5.85. The van der Waals surface area contributed by atoms with Gasteiger partial charge in [0.1, 0.15) is 6.10 Å². The Morgan fingerprint density at radius 2 is 1.53 bits per heavy atom. The Labute approximate surface area is 102 Å². The summed E-state index contributed by atoms with van der Waals surface area (Å²) in [5, 5.41) is 0. The van der Waals surface area contributed by atoms with Crippen LogP contribution >= 0.6 is 0 Å². The maximum absolute atomic E-state index is 5.85. The van der Waals surface area contributed by atoms with E-state index >= 15 is 0 Å². The van der Waals surface area contributed by atoms with E-state index in [-0.39, 0.29) is 6.10 Å². The smallest absolute Gasteiger partial charge is 0.101 e. The SMILES string of the molecule is C=C[C@@H](OCc1ccccc1)c1ccccc1. The summed E-state index contributed by atoms with van der Waals surface area (Å²) in [6.07, 6.45) is 1.79. The molecule has 0 aromatic heterocycles. The quantitative estimate of drug-likeness (QED) is 0.694. The van der Waals surface area contributed by atoms with Gasteiger partial charge in [-0.15, -0.1) is 6.58 Å². The van der Waals surface area contributed by atoms with Crippen LogP contribution in [0, 0.1) is 0 Å². The Bertz CT molecular complexity index is 447. The normalized spacial score (nSPS) is 12.0. The molecule has 1 nitrogen and oxygen atoms in total. The van der Waals surface area contributed by atoms with Crippen LogP contribution in [0.4, 0.5) is 0 Å². The van der Waals surface area contributed by atoms with Crippen molar-refractivity contribution >= 4 is 0 Å². The van der Waals surface area contributed by atoms with Crippen LogP contribution in [0.1, 0.15) is 17.2 Å². The summed E-state index contributed by atoms with van der Waals surface area (Å²) in [6, 6.07) is 20.3. The number of ether oxygens (including phenoxy) is 1. The van der Waals surface area contributed by atoms with Gasteiger partial charge >= 0.3 is 0 Å². The number of benzene rings is 2. The van der Waals surface area contributed by atoms with Gasteiger partial charge in [0.25, 0.3) is 0 Å². The highest BCUT2D eigenvalue weighted by atomic mass is 16.5. The van der Waals surface area contributed by atoms with E-state index in [1.54, 1.807) is 0 Å². The summed E-state index contributed by atoms with van der Waals surface area (Å²) in [6.45, 7) is 4.43. The zero-order chi connectivity index (χ0) is 11.9. The van der Waals surface area contributed by atoms with E-state index in [1.807, 2.05) is 42.5 Å². The van der Waals surface area contributed by atoms with Gasteiger partial charge in [0.05, 0.1) is 6.61 Å². The lowest BCUT2D eigenvalue weighted by atomic mass is 10.1. The molecule has 0 bridgehead atoms. The lowest BCUT2D eigenvalue weighted by Crippen LogP contribution is -2.01. The van der Waals surface area contributed by atoms with E-state index < -0.39 is 0 Å².